The Morgan fingerprint density at radius 1 is 1.07 bits per heavy atom. The van der Waals surface area contributed by atoms with E-state index < -0.39 is 74.7 Å². The maximum absolute atomic E-state index is 15.2. The van der Waals surface area contributed by atoms with Gasteiger partial charge in [-0.1, -0.05) is 12.2 Å². The summed E-state index contributed by atoms with van der Waals surface area (Å²) < 4.78 is 54.7. The molecule has 2 fully saturated rings. The van der Waals surface area contributed by atoms with E-state index in [9.17, 15) is 24.7 Å². The van der Waals surface area contributed by atoms with Gasteiger partial charge in [-0.2, -0.15) is 4.98 Å². The number of H-pyrrole nitrogens is 1. The molecule has 6 N–H and O–H groups in total. The molecule has 7 rings (SSSR count). The van der Waals surface area contributed by atoms with Crippen molar-refractivity contribution in [2.75, 3.05) is 18.9 Å². The highest BCUT2D eigenvalue weighted by Gasteiger charge is 2.50. The Hall–Kier alpha value is -3.53. The molecule has 19 nitrogen and oxygen atoms in total. The van der Waals surface area contributed by atoms with Crippen LogP contribution >= 0.6 is 19.0 Å². The van der Waals surface area contributed by atoms with Crippen LogP contribution in [0.1, 0.15) is 12.5 Å². The Labute approximate surface area is 249 Å². The monoisotopic (exact) mass is 654 g/mol. The molecule has 0 bridgehead atoms. The number of thiol groups is 1. The second-order valence-corrected chi connectivity index (χ2v) is 12.9. The van der Waals surface area contributed by atoms with E-state index in [1.54, 1.807) is 0 Å². The Morgan fingerprint density at radius 2 is 1.80 bits per heavy atom. The number of hydrogen-bond acceptors (Lipinski definition) is 15. The highest BCUT2D eigenvalue weighted by atomic mass is 32.7. The molecule has 234 valence electrons. The number of anilines is 1. The van der Waals surface area contributed by atoms with Gasteiger partial charge in [-0.15, -0.1) is 0 Å². The molecule has 1 unspecified atom stereocenters. The van der Waals surface area contributed by atoms with Crippen LogP contribution in [0.3, 0.4) is 0 Å². The molecule has 5 aromatic heterocycles. The van der Waals surface area contributed by atoms with Crippen LogP contribution in [-0.2, 0) is 23.1 Å². The molecule has 2 aliphatic heterocycles. The largest absolute Gasteiger partial charge is 0.394 e. The van der Waals surface area contributed by atoms with Gasteiger partial charge in [0.15, 0.2) is 41.3 Å². The zero-order chi connectivity index (χ0) is 30.9. The number of aromatic amines is 1. The number of ether oxygens (including phenoxy) is 2. The molecule has 5 aromatic rings. The van der Waals surface area contributed by atoms with Crippen LogP contribution in [0.15, 0.2) is 36.2 Å². The quantitative estimate of drug-likeness (QED) is 0.0874. The lowest BCUT2D eigenvalue weighted by atomic mass is 10.1. The van der Waals surface area contributed by atoms with Crippen LogP contribution < -0.4 is 11.3 Å². The Bertz CT molecular complexity index is 1970. The summed E-state index contributed by atoms with van der Waals surface area (Å²) in [6, 6.07) is 0. The number of imidazole rings is 3. The average molecular weight is 655 g/mol. The molecular weight excluding hydrogens is 630 g/mol. The second kappa shape index (κ2) is 10.8. The number of nitrogens with two attached hydrogens (primary N) is 1. The number of fused-ring (bicyclic) bond motifs is 3. The first kappa shape index (κ1) is 29.2. The number of nitrogens with zero attached hydrogens (tertiary/aromatic N) is 8. The van der Waals surface area contributed by atoms with Gasteiger partial charge in [-0.05, 0) is 0 Å². The standard InChI is InChI=1S/C22H24FN10O9PS/c23-10-13(35)9(41-20(10)32-6-28-11-16(24)26-5-27-17(11)32)4-39-43(38,44)42-15-14(36)8(3-34)40-21(15)33-7-29-12-18(33)30-22-25-1-2-31(22)19(12)37/h1-2,5-10,13-15,20-21,34-36H,3-4H2,(H,25,30)(H,38,44)(H2,24,26,27)/t8-,9-,10+,13-,14-,15-,20-,21-,43?/m1/s1. The predicted octanol–water partition coefficient (Wildman–Crippen LogP) is -0.919. The van der Waals surface area contributed by atoms with Gasteiger partial charge in [-0.3, -0.25) is 27.4 Å². The van der Waals surface area contributed by atoms with Crippen LogP contribution in [0, 0.1) is 0 Å². The third-order valence-electron chi connectivity index (χ3n) is 7.44. The molecule has 7 heterocycles. The third-order valence-corrected chi connectivity index (χ3v) is 9.06. The summed E-state index contributed by atoms with van der Waals surface area (Å²) in [7, 11) is 0. The second-order valence-electron chi connectivity index (χ2n) is 10.1. The van der Waals surface area contributed by atoms with Crippen molar-refractivity contribution < 1.29 is 42.8 Å². The molecule has 44 heavy (non-hydrogen) atoms. The van der Waals surface area contributed by atoms with Crippen LogP contribution in [0.4, 0.5) is 10.2 Å². The number of aliphatic hydroxyl groups excluding tert-OH is 3. The van der Waals surface area contributed by atoms with Crippen molar-refractivity contribution in [1.29, 1.82) is 0 Å². The molecule has 2 saturated heterocycles. The fourth-order valence-corrected chi connectivity index (χ4v) is 6.73. The lowest BCUT2D eigenvalue weighted by Crippen LogP contribution is -2.35. The molecule has 0 radical (unpaired) electrons. The lowest BCUT2D eigenvalue weighted by Gasteiger charge is -2.25. The number of hydrogen-bond donors (Lipinski definition) is 6. The Morgan fingerprint density at radius 3 is 2.57 bits per heavy atom. The molecule has 0 aliphatic carbocycles. The van der Waals surface area contributed by atoms with Crippen molar-refractivity contribution in [2.45, 2.75) is 49.1 Å². The molecular formula is C22H24FN10O9PS. The smallest absolute Gasteiger partial charge is 0.386 e. The van der Waals surface area contributed by atoms with E-state index in [2.05, 4.69) is 42.2 Å². The van der Waals surface area contributed by atoms with E-state index >= 15 is 4.39 Å². The van der Waals surface area contributed by atoms with Gasteiger partial charge < -0.3 is 35.5 Å². The van der Waals surface area contributed by atoms with E-state index in [1.165, 1.54) is 44.9 Å². The zero-order valence-corrected chi connectivity index (χ0v) is 23.9. The lowest BCUT2D eigenvalue weighted by molar-refractivity contribution is -0.0534. The topological polar surface area (TPSA) is 252 Å². The van der Waals surface area contributed by atoms with Crippen molar-refractivity contribution >= 4 is 53.0 Å². The SMILES string of the molecule is Nc1ncnc2c1ncn2[C@@H]1O[C@H](COP(=O)(S)O[C@@H]2[C@H](O)[C@@H](CO)O[C@H]2n2cnc3c(=O)n4cc[nH]c4nc32)[C@@H](O)[C@@H]1F. The van der Waals surface area contributed by atoms with Gasteiger partial charge in [0.25, 0.3) is 5.56 Å². The van der Waals surface area contributed by atoms with Gasteiger partial charge in [0.1, 0.15) is 42.4 Å². The van der Waals surface area contributed by atoms with Gasteiger partial charge >= 0.3 is 6.80 Å². The molecule has 0 saturated carbocycles. The summed E-state index contributed by atoms with van der Waals surface area (Å²) >= 11 is 4.00. The highest BCUT2D eigenvalue weighted by Crippen LogP contribution is 2.57. The summed E-state index contributed by atoms with van der Waals surface area (Å²) in [6.07, 6.45) is -5.30. The van der Waals surface area contributed by atoms with Crippen LogP contribution in [-0.4, -0.2) is 109 Å². The van der Waals surface area contributed by atoms with Crippen LogP contribution in [0.2, 0.25) is 0 Å². The zero-order valence-electron chi connectivity index (χ0n) is 22.1. The molecule has 0 aromatic carbocycles. The molecule has 9 atom stereocenters. The fraction of sp³-hybridized carbons (Fsp3) is 0.455. The highest BCUT2D eigenvalue weighted by molar-refractivity contribution is 8.44. The molecule has 0 spiro atoms. The first-order valence-corrected chi connectivity index (χ1v) is 15.7. The maximum Gasteiger partial charge on any atom is 0.386 e. The van der Waals surface area contributed by atoms with Gasteiger partial charge in [0, 0.05) is 12.4 Å². The minimum atomic E-state index is -4.40. The summed E-state index contributed by atoms with van der Waals surface area (Å²) in [5, 5.41) is 31.2. The van der Waals surface area contributed by atoms with Crippen molar-refractivity contribution in [2.24, 2.45) is 0 Å². The van der Waals surface area contributed by atoms with E-state index in [-0.39, 0.29) is 33.9 Å². The van der Waals surface area contributed by atoms with Crippen LogP contribution in [0.25, 0.3) is 28.1 Å². The number of aromatic nitrogens is 9. The van der Waals surface area contributed by atoms with Crippen molar-refractivity contribution in [3.8, 4) is 0 Å². The van der Waals surface area contributed by atoms with Crippen LogP contribution in [0.5, 0.6) is 0 Å². The van der Waals surface area contributed by atoms with E-state index in [0.717, 1.165) is 0 Å². The van der Waals surface area contributed by atoms with E-state index in [4.69, 9.17) is 24.3 Å². The first-order chi connectivity index (χ1) is 21.1. The summed E-state index contributed by atoms with van der Waals surface area (Å²) in [5.74, 6) is 0.265. The van der Waals surface area contributed by atoms with E-state index in [1.807, 2.05) is 0 Å². The molecule has 22 heteroatoms. The predicted molar refractivity (Wildman–Crippen MR) is 148 cm³/mol. The van der Waals surface area contributed by atoms with E-state index in [0.29, 0.717) is 0 Å². The van der Waals surface area contributed by atoms with Gasteiger partial charge in [0.2, 0.25) is 5.78 Å². The summed E-state index contributed by atoms with van der Waals surface area (Å²) in [5.41, 5.74) is 5.71. The van der Waals surface area contributed by atoms with Crippen molar-refractivity contribution in [3.63, 3.8) is 0 Å². The first-order valence-electron chi connectivity index (χ1n) is 13.0. The number of aliphatic hydroxyl groups is 3. The number of nitrogens with one attached hydrogen (secondary N) is 1. The van der Waals surface area contributed by atoms with Crippen molar-refractivity contribution in [1.82, 2.24) is 43.4 Å². The van der Waals surface area contributed by atoms with Crippen molar-refractivity contribution in [3.05, 3.63) is 41.7 Å². The van der Waals surface area contributed by atoms with Gasteiger partial charge in [0.05, 0.1) is 25.9 Å². The third kappa shape index (κ3) is 4.68. The number of rotatable bonds is 8. The number of halogens is 1. The summed E-state index contributed by atoms with van der Waals surface area (Å²) in [6.45, 7) is -5.68. The number of alkyl halides is 1. The fourth-order valence-electron chi connectivity index (χ4n) is 5.27. The van der Waals surface area contributed by atoms with Gasteiger partial charge in [-0.25, -0.2) is 28.9 Å². The minimum Gasteiger partial charge on any atom is -0.394 e. The maximum atomic E-state index is 15.2. The number of nitrogen functional groups attached to an aromatic ring is 1. The minimum absolute atomic E-state index is 0.0285. The summed E-state index contributed by atoms with van der Waals surface area (Å²) in [4.78, 5) is 36.1. The normalized spacial score (nSPS) is 30.6. The Balaban J connectivity index is 1.10. The molecule has 2 aliphatic rings. The average Bonchev–Trinajstić information content (AvgIpc) is 3.82. The Kier molecular flexibility index (Phi) is 7.18. The molecule has 0 amide bonds.